The zero-order valence-corrected chi connectivity index (χ0v) is 9.33. The molecule has 0 aliphatic carbocycles. The highest BCUT2D eigenvalue weighted by Crippen LogP contribution is 1.93. The first-order valence-electron chi connectivity index (χ1n) is 5.24. The molecular weight excluding hydrogens is 178 g/mol. The standard InChI is InChI=1S/C11H23NO2/c1-4-5-6-12-7-11(13)9-14-8-10(2)3/h4,10-13H,1,5-9H2,2-3H3. The Morgan fingerprint density at radius 2 is 2.14 bits per heavy atom. The molecule has 3 nitrogen and oxygen atoms in total. The smallest absolute Gasteiger partial charge is 0.0897 e. The van der Waals surface area contributed by atoms with Gasteiger partial charge in [0, 0.05) is 13.2 Å². The average Bonchev–Trinajstić information content (AvgIpc) is 2.12. The molecule has 1 atom stereocenters. The van der Waals surface area contributed by atoms with Crippen LogP contribution in [0.15, 0.2) is 12.7 Å². The number of hydrogen-bond acceptors (Lipinski definition) is 3. The van der Waals surface area contributed by atoms with Gasteiger partial charge >= 0.3 is 0 Å². The van der Waals surface area contributed by atoms with Crippen LogP contribution in [0.4, 0.5) is 0 Å². The summed E-state index contributed by atoms with van der Waals surface area (Å²) in [6.45, 7) is 10.4. The number of nitrogens with one attached hydrogen (secondary N) is 1. The van der Waals surface area contributed by atoms with E-state index in [1.54, 1.807) is 0 Å². The molecule has 0 aromatic carbocycles. The molecule has 2 N–H and O–H groups in total. The van der Waals surface area contributed by atoms with Gasteiger partial charge in [0.05, 0.1) is 12.7 Å². The predicted molar refractivity (Wildman–Crippen MR) is 59.3 cm³/mol. The summed E-state index contributed by atoms with van der Waals surface area (Å²) < 4.78 is 5.30. The van der Waals surface area contributed by atoms with Crippen molar-refractivity contribution in [1.82, 2.24) is 5.32 Å². The molecule has 0 amide bonds. The maximum Gasteiger partial charge on any atom is 0.0897 e. The van der Waals surface area contributed by atoms with Crippen LogP contribution in [-0.2, 0) is 4.74 Å². The molecule has 0 aromatic heterocycles. The van der Waals surface area contributed by atoms with Crippen molar-refractivity contribution in [3.8, 4) is 0 Å². The Bertz CT molecular complexity index is 137. The topological polar surface area (TPSA) is 41.5 Å². The van der Waals surface area contributed by atoms with Crippen molar-refractivity contribution in [2.45, 2.75) is 26.4 Å². The van der Waals surface area contributed by atoms with E-state index in [4.69, 9.17) is 4.74 Å². The van der Waals surface area contributed by atoms with Gasteiger partial charge in [-0.1, -0.05) is 19.9 Å². The van der Waals surface area contributed by atoms with Gasteiger partial charge in [0.25, 0.3) is 0 Å². The second-order valence-electron chi connectivity index (χ2n) is 3.87. The Labute approximate surface area is 87.2 Å². The monoisotopic (exact) mass is 201 g/mol. The third kappa shape index (κ3) is 9.71. The van der Waals surface area contributed by atoms with Crippen LogP contribution in [0.3, 0.4) is 0 Å². The van der Waals surface area contributed by atoms with Gasteiger partial charge in [-0.05, 0) is 18.9 Å². The largest absolute Gasteiger partial charge is 0.389 e. The van der Waals surface area contributed by atoms with Gasteiger partial charge in [-0.3, -0.25) is 0 Å². The first-order valence-corrected chi connectivity index (χ1v) is 5.24. The summed E-state index contributed by atoms with van der Waals surface area (Å²) in [5, 5.41) is 12.6. The first-order chi connectivity index (χ1) is 6.66. The lowest BCUT2D eigenvalue weighted by atomic mass is 10.2. The highest BCUT2D eigenvalue weighted by atomic mass is 16.5. The normalized spacial score (nSPS) is 13.1. The van der Waals surface area contributed by atoms with Gasteiger partial charge in [-0.15, -0.1) is 6.58 Å². The quantitative estimate of drug-likeness (QED) is 0.435. The minimum absolute atomic E-state index is 0.404. The Hall–Kier alpha value is -0.380. The van der Waals surface area contributed by atoms with Crippen LogP contribution in [0.25, 0.3) is 0 Å². The van der Waals surface area contributed by atoms with E-state index in [1.165, 1.54) is 0 Å². The van der Waals surface area contributed by atoms with Gasteiger partial charge in [-0.2, -0.15) is 0 Å². The minimum Gasteiger partial charge on any atom is -0.389 e. The molecule has 0 spiro atoms. The van der Waals surface area contributed by atoms with E-state index in [0.717, 1.165) is 13.0 Å². The van der Waals surface area contributed by atoms with E-state index < -0.39 is 6.10 Å². The summed E-state index contributed by atoms with van der Waals surface area (Å²) in [6.07, 6.45) is 2.38. The highest BCUT2D eigenvalue weighted by molar-refractivity contribution is 4.68. The molecular formula is C11H23NO2. The Morgan fingerprint density at radius 3 is 2.71 bits per heavy atom. The van der Waals surface area contributed by atoms with Crippen LogP contribution in [0, 0.1) is 5.92 Å². The van der Waals surface area contributed by atoms with E-state index in [2.05, 4.69) is 25.7 Å². The molecule has 0 radical (unpaired) electrons. The van der Waals surface area contributed by atoms with Crippen molar-refractivity contribution in [3.05, 3.63) is 12.7 Å². The van der Waals surface area contributed by atoms with Crippen molar-refractivity contribution < 1.29 is 9.84 Å². The summed E-state index contributed by atoms with van der Waals surface area (Å²) in [4.78, 5) is 0. The third-order valence-corrected chi connectivity index (χ3v) is 1.67. The molecule has 84 valence electrons. The maximum atomic E-state index is 9.45. The van der Waals surface area contributed by atoms with Crippen LogP contribution >= 0.6 is 0 Å². The molecule has 0 aromatic rings. The lowest BCUT2D eigenvalue weighted by Crippen LogP contribution is -2.31. The van der Waals surface area contributed by atoms with E-state index in [-0.39, 0.29) is 0 Å². The van der Waals surface area contributed by atoms with Gasteiger partial charge in [-0.25, -0.2) is 0 Å². The number of hydrogen-bond donors (Lipinski definition) is 2. The average molecular weight is 201 g/mol. The summed E-state index contributed by atoms with van der Waals surface area (Å²) >= 11 is 0. The summed E-state index contributed by atoms with van der Waals surface area (Å²) in [5.41, 5.74) is 0. The van der Waals surface area contributed by atoms with Crippen LogP contribution < -0.4 is 5.32 Å². The molecule has 1 unspecified atom stereocenters. The fourth-order valence-electron chi connectivity index (χ4n) is 0.972. The van der Waals surface area contributed by atoms with Crippen LogP contribution in [0.1, 0.15) is 20.3 Å². The number of rotatable bonds is 9. The van der Waals surface area contributed by atoms with Crippen molar-refractivity contribution in [2.75, 3.05) is 26.3 Å². The fraction of sp³-hybridized carbons (Fsp3) is 0.818. The van der Waals surface area contributed by atoms with E-state index in [9.17, 15) is 5.11 Å². The van der Waals surface area contributed by atoms with E-state index >= 15 is 0 Å². The van der Waals surface area contributed by atoms with Gasteiger partial charge < -0.3 is 15.2 Å². The Morgan fingerprint density at radius 1 is 1.43 bits per heavy atom. The van der Waals surface area contributed by atoms with Crippen LogP contribution in [0.2, 0.25) is 0 Å². The van der Waals surface area contributed by atoms with Crippen LogP contribution in [0.5, 0.6) is 0 Å². The first kappa shape index (κ1) is 13.6. The zero-order chi connectivity index (χ0) is 10.8. The van der Waals surface area contributed by atoms with Crippen molar-refractivity contribution in [3.63, 3.8) is 0 Å². The van der Waals surface area contributed by atoms with E-state index in [0.29, 0.717) is 25.7 Å². The molecule has 0 rings (SSSR count). The van der Waals surface area contributed by atoms with Crippen molar-refractivity contribution in [2.24, 2.45) is 5.92 Å². The SMILES string of the molecule is C=CCCNCC(O)COCC(C)C. The Kier molecular flexibility index (Phi) is 8.94. The number of aliphatic hydroxyl groups excluding tert-OH is 1. The summed E-state index contributed by atoms with van der Waals surface area (Å²) in [7, 11) is 0. The molecule has 3 heteroatoms. The number of ether oxygens (including phenoxy) is 1. The van der Waals surface area contributed by atoms with Crippen molar-refractivity contribution in [1.29, 1.82) is 0 Å². The maximum absolute atomic E-state index is 9.45. The molecule has 0 bridgehead atoms. The van der Waals surface area contributed by atoms with E-state index in [1.807, 2.05) is 6.08 Å². The molecule has 0 aliphatic rings. The molecule has 0 heterocycles. The number of aliphatic hydroxyl groups is 1. The zero-order valence-electron chi connectivity index (χ0n) is 9.33. The fourth-order valence-corrected chi connectivity index (χ4v) is 0.972. The Balaban J connectivity index is 3.19. The molecule has 0 saturated carbocycles. The van der Waals surface area contributed by atoms with Crippen molar-refractivity contribution >= 4 is 0 Å². The molecule has 0 saturated heterocycles. The van der Waals surface area contributed by atoms with Gasteiger partial charge in [0.15, 0.2) is 0 Å². The second kappa shape index (κ2) is 9.19. The lowest BCUT2D eigenvalue weighted by Gasteiger charge is -2.12. The molecule has 0 fully saturated rings. The third-order valence-electron chi connectivity index (χ3n) is 1.67. The van der Waals surface area contributed by atoms with Crippen LogP contribution in [-0.4, -0.2) is 37.5 Å². The highest BCUT2D eigenvalue weighted by Gasteiger charge is 2.03. The predicted octanol–water partition coefficient (Wildman–Crippen LogP) is 1.19. The minimum atomic E-state index is -0.404. The summed E-state index contributed by atoms with van der Waals surface area (Å²) in [5.74, 6) is 0.524. The molecule has 14 heavy (non-hydrogen) atoms. The van der Waals surface area contributed by atoms with Gasteiger partial charge in [0.2, 0.25) is 0 Å². The van der Waals surface area contributed by atoms with Gasteiger partial charge in [0.1, 0.15) is 0 Å². The summed E-state index contributed by atoms with van der Waals surface area (Å²) in [6, 6.07) is 0. The molecule has 0 aliphatic heterocycles. The lowest BCUT2D eigenvalue weighted by molar-refractivity contribution is 0.0263. The second-order valence-corrected chi connectivity index (χ2v) is 3.87.